The molecule has 2 fully saturated rings. The Kier molecular flexibility index (Phi) is 12.0. The van der Waals surface area contributed by atoms with Gasteiger partial charge >= 0.3 is 0 Å². The lowest BCUT2D eigenvalue weighted by molar-refractivity contribution is 0.00535. The van der Waals surface area contributed by atoms with Crippen molar-refractivity contribution in [1.82, 2.24) is 15.1 Å². The molecule has 0 amide bonds. The highest BCUT2D eigenvalue weighted by Gasteiger charge is 2.22. The molecular weight excluding hydrogens is 489 g/mol. The highest BCUT2D eigenvalue weighted by molar-refractivity contribution is 14.0. The first-order valence-electron chi connectivity index (χ1n) is 11.4. The Bertz CT molecular complexity index is 607. The Morgan fingerprint density at radius 1 is 1.17 bits per heavy atom. The second-order valence-corrected chi connectivity index (χ2v) is 8.26. The Morgan fingerprint density at radius 3 is 2.67 bits per heavy atom. The van der Waals surface area contributed by atoms with Crippen LogP contribution >= 0.6 is 24.0 Å². The molecule has 2 saturated heterocycles. The van der Waals surface area contributed by atoms with Crippen molar-refractivity contribution in [3.63, 3.8) is 0 Å². The molecule has 1 aromatic rings. The van der Waals surface area contributed by atoms with E-state index in [0.717, 1.165) is 65.1 Å². The van der Waals surface area contributed by atoms with Crippen molar-refractivity contribution in [3.05, 3.63) is 35.9 Å². The standard InChI is InChI=1S/C23H39N5O.HI/c1-2-28-14-6-10-21(28)18-26-23(24)25-13-7-17-29-22-11-15-27(16-12-22)19-20-8-4-3-5-9-20;/h3-5,8-9,21-22H,2,6-7,10-19H2,1H3,(H3,24,25,26);1H. The van der Waals surface area contributed by atoms with E-state index in [9.17, 15) is 0 Å². The van der Waals surface area contributed by atoms with Crippen molar-refractivity contribution < 1.29 is 4.74 Å². The molecule has 3 rings (SSSR count). The summed E-state index contributed by atoms with van der Waals surface area (Å²) >= 11 is 0. The van der Waals surface area contributed by atoms with Gasteiger partial charge in [0.1, 0.15) is 0 Å². The molecule has 7 heteroatoms. The minimum atomic E-state index is 0. The van der Waals surface area contributed by atoms with Crippen molar-refractivity contribution >= 4 is 29.9 Å². The fraction of sp³-hybridized carbons (Fsp3) is 0.696. The zero-order valence-electron chi connectivity index (χ0n) is 18.5. The van der Waals surface area contributed by atoms with E-state index in [1.54, 1.807) is 0 Å². The topological polar surface area (TPSA) is 66.1 Å². The molecule has 6 nitrogen and oxygen atoms in total. The maximum atomic E-state index is 6.08. The van der Waals surface area contributed by atoms with Crippen LogP contribution < -0.4 is 11.1 Å². The first kappa shape index (κ1) is 25.4. The fourth-order valence-corrected chi connectivity index (χ4v) is 4.39. The molecule has 0 radical (unpaired) electrons. The van der Waals surface area contributed by atoms with Gasteiger partial charge in [0.15, 0.2) is 5.96 Å². The Labute approximate surface area is 199 Å². The molecular formula is C23H40IN5O. The SMILES string of the molecule is CCN1CCCC1CN=C(N)NCCCOC1CCN(Cc2ccccc2)CC1.I. The van der Waals surface area contributed by atoms with Crippen LogP contribution in [0.15, 0.2) is 35.3 Å². The molecule has 30 heavy (non-hydrogen) atoms. The molecule has 0 bridgehead atoms. The van der Waals surface area contributed by atoms with E-state index >= 15 is 0 Å². The second kappa shape index (κ2) is 14.2. The van der Waals surface area contributed by atoms with Crippen LogP contribution in [0.2, 0.25) is 0 Å². The smallest absolute Gasteiger partial charge is 0.188 e. The van der Waals surface area contributed by atoms with Crippen molar-refractivity contribution in [2.24, 2.45) is 10.7 Å². The summed E-state index contributed by atoms with van der Waals surface area (Å²) in [6.07, 6.45) is 6.13. The fourth-order valence-electron chi connectivity index (χ4n) is 4.39. The Hall–Kier alpha value is -0.900. The van der Waals surface area contributed by atoms with E-state index < -0.39 is 0 Å². The number of benzene rings is 1. The van der Waals surface area contributed by atoms with Gasteiger partial charge in [-0.2, -0.15) is 0 Å². The molecule has 0 saturated carbocycles. The number of hydrogen-bond acceptors (Lipinski definition) is 4. The van der Waals surface area contributed by atoms with E-state index in [1.165, 1.54) is 24.9 Å². The molecule has 0 aliphatic carbocycles. The van der Waals surface area contributed by atoms with Gasteiger partial charge in [-0.1, -0.05) is 37.3 Å². The lowest BCUT2D eigenvalue weighted by Gasteiger charge is -2.32. The number of likely N-dealkylation sites (tertiary alicyclic amines) is 2. The lowest BCUT2D eigenvalue weighted by atomic mass is 10.1. The van der Waals surface area contributed by atoms with Crippen molar-refractivity contribution in [2.75, 3.05) is 45.9 Å². The van der Waals surface area contributed by atoms with Crippen LogP contribution in [0.5, 0.6) is 0 Å². The summed E-state index contributed by atoms with van der Waals surface area (Å²) in [5.74, 6) is 0.571. The van der Waals surface area contributed by atoms with E-state index in [0.29, 0.717) is 18.1 Å². The number of hydrogen-bond donors (Lipinski definition) is 2. The summed E-state index contributed by atoms with van der Waals surface area (Å²) in [7, 11) is 0. The number of halogens is 1. The highest BCUT2D eigenvalue weighted by Crippen LogP contribution is 2.17. The summed E-state index contributed by atoms with van der Waals surface area (Å²) in [5, 5.41) is 3.23. The third-order valence-corrected chi connectivity index (χ3v) is 6.14. The van der Waals surface area contributed by atoms with Crippen LogP contribution in [0.1, 0.15) is 44.6 Å². The van der Waals surface area contributed by atoms with E-state index in [1.807, 2.05) is 0 Å². The highest BCUT2D eigenvalue weighted by atomic mass is 127. The summed E-state index contributed by atoms with van der Waals surface area (Å²) in [5.41, 5.74) is 7.41. The van der Waals surface area contributed by atoms with Gasteiger partial charge in [0.25, 0.3) is 0 Å². The first-order valence-corrected chi connectivity index (χ1v) is 11.4. The summed E-state index contributed by atoms with van der Waals surface area (Å²) in [6.45, 7) is 10.2. The Balaban J connectivity index is 0.00000320. The number of rotatable bonds is 10. The van der Waals surface area contributed by atoms with Crippen molar-refractivity contribution in [2.45, 2.75) is 57.7 Å². The van der Waals surface area contributed by atoms with Crippen molar-refractivity contribution in [3.8, 4) is 0 Å². The molecule has 1 atom stereocenters. The lowest BCUT2D eigenvalue weighted by Crippen LogP contribution is -2.37. The molecule has 0 spiro atoms. The molecule has 2 heterocycles. The number of guanidine groups is 1. The minimum absolute atomic E-state index is 0. The maximum Gasteiger partial charge on any atom is 0.188 e. The van der Waals surface area contributed by atoms with Crippen LogP contribution in [0.25, 0.3) is 0 Å². The molecule has 1 aromatic carbocycles. The third-order valence-electron chi connectivity index (χ3n) is 6.14. The number of nitrogens with one attached hydrogen (secondary N) is 1. The third kappa shape index (κ3) is 8.69. The average molecular weight is 530 g/mol. The minimum Gasteiger partial charge on any atom is -0.378 e. The largest absolute Gasteiger partial charge is 0.378 e. The zero-order chi connectivity index (χ0) is 20.3. The van der Waals surface area contributed by atoms with Crippen LogP contribution in [0.4, 0.5) is 0 Å². The van der Waals surface area contributed by atoms with E-state index in [-0.39, 0.29) is 24.0 Å². The monoisotopic (exact) mass is 529 g/mol. The van der Waals surface area contributed by atoms with Gasteiger partial charge in [-0.25, -0.2) is 0 Å². The van der Waals surface area contributed by atoms with Gasteiger partial charge in [-0.05, 0) is 50.8 Å². The van der Waals surface area contributed by atoms with Gasteiger partial charge in [0, 0.05) is 38.8 Å². The average Bonchev–Trinajstić information content (AvgIpc) is 3.21. The molecule has 170 valence electrons. The van der Waals surface area contributed by atoms with Gasteiger partial charge < -0.3 is 15.8 Å². The predicted molar refractivity (Wildman–Crippen MR) is 135 cm³/mol. The zero-order valence-corrected chi connectivity index (χ0v) is 20.8. The molecule has 0 aromatic heterocycles. The first-order chi connectivity index (χ1) is 14.2. The number of nitrogens with two attached hydrogens (primary N) is 1. The molecule has 2 aliphatic rings. The van der Waals surface area contributed by atoms with Crippen molar-refractivity contribution in [1.29, 1.82) is 0 Å². The van der Waals surface area contributed by atoms with Gasteiger partial charge in [-0.15, -0.1) is 24.0 Å². The van der Waals surface area contributed by atoms with Gasteiger partial charge in [0.2, 0.25) is 0 Å². The summed E-state index contributed by atoms with van der Waals surface area (Å²) in [4.78, 5) is 9.55. The molecule has 3 N–H and O–H groups in total. The number of nitrogens with zero attached hydrogens (tertiary/aromatic N) is 3. The summed E-state index contributed by atoms with van der Waals surface area (Å²) < 4.78 is 6.08. The number of aliphatic imine (C=N–C) groups is 1. The normalized spacial score (nSPS) is 21.5. The summed E-state index contributed by atoms with van der Waals surface area (Å²) in [6, 6.07) is 11.3. The van der Waals surface area contributed by atoms with Crippen LogP contribution in [-0.2, 0) is 11.3 Å². The molecule has 1 unspecified atom stereocenters. The van der Waals surface area contributed by atoms with Gasteiger partial charge in [-0.3, -0.25) is 14.8 Å². The predicted octanol–water partition coefficient (Wildman–Crippen LogP) is 3.06. The van der Waals surface area contributed by atoms with E-state index in [2.05, 4.69) is 57.4 Å². The molecule has 2 aliphatic heterocycles. The maximum absolute atomic E-state index is 6.08. The van der Waals surface area contributed by atoms with E-state index in [4.69, 9.17) is 10.5 Å². The van der Waals surface area contributed by atoms with Crippen LogP contribution in [0, 0.1) is 0 Å². The van der Waals surface area contributed by atoms with Gasteiger partial charge in [0.05, 0.1) is 12.6 Å². The Morgan fingerprint density at radius 2 is 1.93 bits per heavy atom. The second-order valence-electron chi connectivity index (χ2n) is 8.26. The van der Waals surface area contributed by atoms with Crippen LogP contribution in [0.3, 0.4) is 0 Å². The quantitative estimate of drug-likeness (QED) is 0.211. The number of piperidine rings is 1. The number of likely N-dealkylation sites (N-methyl/N-ethyl adjacent to an activating group) is 1. The number of ether oxygens (including phenoxy) is 1. The van der Waals surface area contributed by atoms with Crippen LogP contribution in [-0.4, -0.2) is 73.8 Å².